The smallest absolute Gasteiger partial charge is 0.328 e. The van der Waals surface area contributed by atoms with E-state index in [9.17, 15) is 14.4 Å². The molecule has 0 aliphatic heterocycles. The van der Waals surface area contributed by atoms with Crippen LogP contribution in [-0.2, 0) is 20.9 Å². The van der Waals surface area contributed by atoms with Crippen LogP contribution in [0.15, 0.2) is 29.2 Å². The lowest BCUT2D eigenvalue weighted by molar-refractivity contribution is -0.154. The highest BCUT2D eigenvalue weighted by Crippen LogP contribution is 2.60. The van der Waals surface area contributed by atoms with Crippen molar-refractivity contribution in [3.8, 4) is 0 Å². The molecule has 4 fully saturated rings. The molecule has 0 unspecified atom stereocenters. The van der Waals surface area contributed by atoms with Crippen LogP contribution in [0.4, 0.5) is 0 Å². The number of aromatic nitrogens is 2. The Kier molecular flexibility index (Phi) is 4.87. The van der Waals surface area contributed by atoms with E-state index in [0.717, 1.165) is 24.8 Å². The summed E-state index contributed by atoms with van der Waals surface area (Å²) in [6.45, 7) is 3.43. The number of esters is 1. The zero-order valence-corrected chi connectivity index (χ0v) is 18.1. The van der Waals surface area contributed by atoms with Crippen molar-refractivity contribution in [2.24, 2.45) is 23.2 Å². The predicted molar refractivity (Wildman–Crippen MR) is 114 cm³/mol. The average molecular weight is 424 g/mol. The maximum absolute atomic E-state index is 13.1. The lowest BCUT2D eigenvalue weighted by Crippen LogP contribution is -2.55. The number of hydrogen-bond donors (Lipinski definition) is 1. The fourth-order valence-electron chi connectivity index (χ4n) is 6.45. The average Bonchev–Trinajstić information content (AvgIpc) is 2.71. The summed E-state index contributed by atoms with van der Waals surface area (Å²) in [6.07, 6.45) is 8.33. The summed E-state index contributed by atoms with van der Waals surface area (Å²) in [5.41, 5.74) is 1.29. The van der Waals surface area contributed by atoms with Gasteiger partial charge in [-0.05, 0) is 81.8 Å². The minimum atomic E-state index is -0.733. The van der Waals surface area contributed by atoms with Gasteiger partial charge in [-0.25, -0.2) is 9.78 Å². The van der Waals surface area contributed by atoms with E-state index in [1.807, 2.05) is 13.0 Å². The lowest BCUT2D eigenvalue weighted by Gasteiger charge is -2.55. The Bertz CT molecular complexity index is 1070. The fourth-order valence-corrected chi connectivity index (χ4v) is 6.45. The number of aryl methyl sites for hydroxylation is 1. The topological polar surface area (TPSA) is 89.8 Å². The van der Waals surface area contributed by atoms with Gasteiger partial charge in [-0.3, -0.25) is 14.0 Å². The van der Waals surface area contributed by atoms with E-state index < -0.39 is 12.0 Å². The second kappa shape index (κ2) is 7.46. The number of nitrogens with one attached hydrogen (secondary N) is 1. The molecule has 7 nitrogen and oxygen atoms in total. The number of ether oxygens (including phenoxy) is 1. The molecule has 1 atom stereocenters. The Labute approximate surface area is 181 Å². The first-order valence-electron chi connectivity index (χ1n) is 11.3. The molecule has 6 rings (SSSR count). The largest absolute Gasteiger partial charge is 0.458 e. The van der Waals surface area contributed by atoms with Crippen molar-refractivity contribution in [2.75, 3.05) is 0 Å². The van der Waals surface area contributed by atoms with Gasteiger partial charge in [0, 0.05) is 17.7 Å². The molecular weight excluding hydrogens is 394 g/mol. The molecule has 1 N–H and O–H groups in total. The minimum absolute atomic E-state index is 0.00810. The summed E-state index contributed by atoms with van der Waals surface area (Å²) in [5, 5.41) is 2.92. The second-order valence-corrected chi connectivity index (χ2v) is 9.97. The Morgan fingerprint density at radius 3 is 2.52 bits per heavy atom. The standard InChI is InChI=1S/C24H29N3O4/c1-14-4-3-5-27-20(28)9-19(26-21(14)27)13-31-22(29)15(2)25-23(30)24-10-16-6-17(11-24)8-18(7-16)12-24/h3-5,9,15-18H,6-8,10-13H2,1-2H3,(H,25,30)/t15-,16?,17?,18?,24?/m0/s1. The molecule has 1 amide bonds. The third kappa shape index (κ3) is 3.64. The first-order valence-corrected chi connectivity index (χ1v) is 11.3. The van der Waals surface area contributed by atoms with Crippen molar-refractivity contribution in [3.63, 3.8) is 0 Å². The number of pyridine rings is 1. The SMILES string of the molecule is Cc1cccn2c(=O)cc(COC(=O)[C@H](C)NC(=O)C34CC5CC(CC(C5)C3)C4)nc12. The molecule has 0 saturated heterocycles. The van der Waals surface area contributed by atoms with Gasteiger partial charge < -0.3 is 10.1 Å². The number of carbonyl (C=O) groups excluding carboxylic acids is 2. The molecule has 2 heterocycles. The quantitative estimate of drug-likeness (QED) is 0.747. The molecule has 0 spiro atoms. The molecule has 4 aliphatic rings. The van der Waals surface area contributed by atoms with Gasteiger partial charge in [-0.1, -0.05) is 6.07 Å². The maximum atomic E-state index is 13.1. The molecule has 164 valence electrons. The summed E-state index contributed by atoms with van der Waals surface area (Å²) in [6, 6.07) is 4.31. The van der Waals surface area contributed by atoms with Gasteiger partial charge >= 0.3 is 5.97 Å². The van der Waals surface area contributed by atoms with Crippen molar-refractivity contribution in [3.05, 3.63) is 46.0 Å². The first kappa shape index (κ1) is 20.2. The third-order valence-electron chi connectivity index (χ3n) is 7.52. The Balaban J connectivity index is 1.22. The minimum Gasteiger partial charge on any atom is -0.458 e. The summed E-state index contributed by atoms with van der Waals surface area (Å²) in [5.74, 6) is 1.50. The third-order valence-corrected chi connectivity index (χ3v) is 7.52. The second-order valence-electron chi connectivity index (χ2n) is 9.97. The molecule has 7 heteroatoms. The van der Waals surface area contributed by atoms with Crippen molar-refractivity contribution < 1.29 is 14.3 Å². The number of rotatable bonds is 5. The van der Waals surface area contributed by atoms with Crippen LogP contribution in [0.3, 0.4) is 0 Å². The number of amides is 1. The van der Waals surface area contributed by atoms with Gasteiger partial charge in [0.05, 0.1) is 5.69 Å². The van der Waals surface area contributed by atoms with E-state index in [-0.39, 0.29) is 23.5 Å². The highest BCUT2D eigenvalue weighted by molar-refractivity contribution is 5.88. The van der Waals surface area contributed by atoms with Crippen LogP contribution in [0.25, 0.3) is 5.65 Å². The molecule has 2 aromatic heterocycles. The van der Waals surface area contributed by atoms with Crippen LogP contribution in [-0.4, -0.2) is 27.3 Å². The Morgan fingerprint density at radius 2 is 1.87 bits per heavy atom. The van der Waals surface area contributed by atoms with Crippen LogP contribution in [0, 0.1) is 30.1 Å². The summed E-state index contributed by atoms with van der Waals surface area (Å²) in [7, 11) is 0. The molecular formula is C24H29N3O4. The maximum Gasteiger partial charge on any atom is 0.328 e. The number of fused-ring (bicyclic) bond motifs is 1. The monoisotopic (exact) mass is 423 g/mol. The predicted octanol–water partition coefficient (Wildman–Crippen LogP) is 2.77. The van der Waals surface area contributed by atoms with E-state index in [4.69, 9.17) is 4.74 Å². The lowest BCUT2D eigenvalue weighted by atomic mass is 9.49. The summed E-state index contributed by atoms with van der Waals surface area (Å²) >= 11 is 0. The van der Waals surface area contributed by atoms with E-state index in [0.29, 0.717) is 29.1 Å². The van der Waals surface area contributed by atoms with Crippen molar-refractivity contribution in [1.29, 1.82) is 0 Å². The highest BCUT2D eigenvalue weighted by atomic mass is 16.5. The van der Waals surface area contributed by atoms with Gasteiger partial charge in [0.25, 0.3) is 5.56 Å². The van der Waals surface area contributed by atoms with Crippen LogP contribution in [0.2, 0.25) is 0 Å². The molecule has 4 bridgehead atoms. The van der Waals surface area contributed by atoms with E-state index in [1.54, 1.807) is 19.2 Å². The zero-order chi connectivity index (χ0) is 21.8. The van der Waals surface area contributed by atoms with Gasteiger partial charge in [0.2, 0.25) is 5.91 Å². The zero-order valence-electron chi connectivity index (χ0n) is 18.1. The fraction of sp³-hybridized carbons (Fsp3) is 0.583. The van der Waals surface area contributed by atoms with E-state index >= 15 is 0 Å². The van der Waals surface area contributed by atoms with Gasteiger partial charge in [0.15, 0.2) is 0 Å². The van der Waals surface area contributed by atoms with Crippen LogP contribution < -0.4 is 10.9 Å². The van der Waals surface area contributed by atoms with Crippen molar-refractivity contribution >= 4 is 17.5 Å². The number of carbonyl (C=O) groups is 2. The Morgan fingerprint density at radius 1 is 1.23 bits per heavy atom. The molecule has 0 radical (unpaired) electrons. The first-order chi connectivity index (χ1) is 14.8. The highest BCUT2D eigenvalue weighted by Gasteiger charge is 2.54. The molecule has 2 aromatic rings. The van der Waals surface area contributed by atoms with Gasteiger partial charge in [-0.15, -0.1) is 0 Å². The normalized spacial score (nSPS) is 29.7. The van der Waals surface area contributed by atoms with E-state index in [1.165, 1.54) is 29.7 Å². The number of hydrogen-bond acceptors (Lipinski definition) is 5. The number of nitrogens with zero attached hydrogens (tertiary/aromatic N) is 2. The molecule has 31 heavy (non-hydrogen) atoms. The van der Waals surface area contributed by atoms with Gasteiger partial charge in [0.1, 0.15) is 18.3 Å². The summed E-state index contributed by atoms with van der Waals surface area (Å²) in [4.78, 5) is 42.4. The molecule has 4 aliphatic carbocycles. The van der Waals surface area contributed by atoms with E-state index in [2.05, 4.69) is 10.3 Å². The van der Waals surface area contributed by atoms with Crippen LogP contribution in [0.1, 0.15) is 56.7 Å². The molecule has 4 saturated carbocycles. The van der Waals surface area contributed by atoms with Crippen LogP contribution in [0.5, 0.6) is 0 Å². The Hall–Kier alpha value is -2.70. The van der Waals surface area contributed by atoms with Crippen molar-refractivity contribution in [2.45, 2.75) is 65.0 Å². The molecule has 0 aromatic carbocycles. The van der Waals surface area contributed by atoms with Gasteiger partial charge in [-0.2, -0.15) is 0 Å². The summed E-state index contributed by atoms with van der Waals surface area (Å²) < 4.78 is 6.86. The van der Waals surface area contributed by atoms with Crippen molar-refractivity contribution in [1.82, 2.24) is 14.7 Å². The van der Waals surface area contributed by atoms with Crippen LogP contribution >= 0.6 is 0 Å².